The van der Waals surface area contributed by atoms with Crippen molar-refractivity contribution < 1.29 is 14.6 Å². The molecule has 21 heavy (non-hydrogen) atoms. The summed E-state index contributed by atoms with van der Waals surface area (Å²) in [4.78, 5) is 11.8. The molecule has 0 aromatic heterocycles. The summed E-state index contributed by atoms with van der Waals surface area (Å²) in [6.07, 6.45) is 2.45. The second-order valence-corrected chi connectivity index (χ2v) is 5.72. The Kier molecular flexibility index (Phi) is 6.11. The van der Waals surface area contributed by atoms with Crippen molar-refractivity contribution in [2.24, 2.45) is 0 Å². The maximum Gasteiger partial charge on any atom is 0.226 e. The van der Waals surface area contributed by atoms with E-state index in [4.69, 9.17) is 27.9 Å². The van der Waals surface area contributed by atoms with Gasteiger partial charge in [-0.05, 0) is 38.1 Å². The number of anilines is 1. The SMILES string of the molecule is O=C(CCOC1CCNCC1)Nc1cc(Cl)c(O)c(Cl)c1. The summed E-state index contributed by atoms with van der Waals surface area (Å²) in [7, 11) is 0. The Hall–Kier alpha value is -1.01. The van der Waals surface area contributed by atoms with Crippen LogP contribution in [0.2, 0.25) is 10.0 Å². The van der Waals surface area contributed by atoms with E-state index in [1.165, 1.54) is 12.1 Å². The van der Waals surface area contributed by atoms with Gasteiger partial charge in [-0.2, -0.15) is 0 Å². The van der Waals surface area contributed by atoms with Gasteiger partial charge in [-0.3, -0.25) is 4.79 Å². The maximum atomic E-state index is 11.8. The highest BCUT2D eigenvalue weighted by Gasteiger charge is 2.14. The molecule has 0 saturated carbocycles. The molecule has 1 aliphatic rings. The molecule has 1 amide bonds. The van der Waals surface area contributed by atoms with Gasteiger partial charge in [0.15, 0.2) is 5.75 Å². The molecule has 0 radical (unpaired) electrons. The minimum atomic E-state index is -0.189. The molecule has 1 heterocycles. The Morgan fingerprint density at radius 1 is 1.33 bits per heavy atom. The topological polar surface area (TPSA) is 70.6 Å². The Balaban J connectivity index is 1.76. The Labute approximate surface area is 133 Å². The van der Waals surface area contributed by atoms with Crippen LogP contribution in [0.4, 0.5) is 5.69 Å². The van der Waals surface area contributed by atoms with Gasteiger partial charge in [0.2, 0.25) is 5.91 Å². The van der Waals surface area contributed by atoms with Crippen molar-refractivity contribution in [1.82, 2.24) is 5.32 Å². The zero-order chi connectivity index (χ0) is 15.2. The van der Waals surface area contributed by atoms with E-state index in [0.29, 0.717) is 12.3 Å². The van der Waals surface area contributed by atoms with E-state index in [2.05, 4.69) is 10.6 Å². The van der Waals surface area contributed by atoms with Crippen molar-refractivity contribution in [3.63, 3.8) is 0 Å². The first kappa shape index (κ1) is 16.4. The maximum absolute atomic E-state index is 11.8. The number of carbonyl (C=O) groups is 1. The molecule has 116 valence electrons. The highest BCUT2D eigenvalue weighted by Crippen LogP contribution is 2.34. The lowest BCUT2D eigenvalue weighted by Gasteiger charge is -2.22. The van der Waals surface area contributed by atoms with Gasteiger partial charge in [-0.25, -0.2) is 0 Å². The van der Waals surface area contributed by atoms with Gasteiger partial charge in [0.05, 0.1) is 29.2 Å². The van der Waals surface area contributed by atoms with Gasteiger partial charge in [-0.15, -0.1) is 0 Å². The third kappa shape index (κ3) is 5.04. The summed E-state index contributed by atoms with van der Waals surface area (Å²) in [6.45, 7) is 2.30. The zero-order valence-corrected chi connectivity index (χ0v) is 13.0. The van der Waals surface area contributed by atoms with Crippen LogP contribution in [0.25, 0.3) is 0 Å². The smallest absolute Gasteiger partial charge is 0.226 e. The van der Waals surface area contributed by atoms with Crippen molar-refractivity contribution in [1.29, 1.82) is 0 Å². The minimum Gasteiger partial charge on any atom is -0.505 e. The standard InChI is InChI=1S/C14H18Cl2N2O3/c15-11-7-9(8-12(16)14(11)20)18-13(19)3-6-21-10-1-4-17-5-2-10/h7-8,10,17,20H,1-6H2,(H,18,19). The molecule has 0 spiro atoms. The minimum absolute atomic E-state index is 0.101. The molecular formula is C14H18Cl2N2O3. The van der Waals surface area contributed by atoms with Crippen LogP contribution in [0.5, 0.6) is 5.75 Å². The third-order valence-corrected chi connectivity index (χ3v) is 3.85. The lowest BCUT2D eigenvalue weighted by molar-refractivity contribution is -0.117. The number of piperidine rings is 1. The monoisotopic (exact) mass is 332 g/mol. The molecule has 1 aliphatic heterocycles. The van der Waals surface area contributed by atoms with Crippen LogP contribution < -0.4 is 10.6 Å². The second-order valence-electron chi connectivity index (χ2n) is 4.91. The van der Waals surface area contributed by atoms with Gasteiger partial charge >= 0.3 is 0 Å². The molecular weight excluding hydrogens is 315 g/mol. The van der Waals surface area contributed by atoms with Crippen LogP contribution in [0.1, 0.15) is 19.3 Å². The fraction of sp³-hybridized carbons (Fsp3) is 0.500. The highest BCUT2D eigenvalue weighted by molar-refractivity contribution is 6.37. The number of halogens is 2. The number of nitrogens with one attached hydrogen (secondary N) is 2. The van der Waals surface area contributed by atoms with Crippen LogP contribution in [-0.4, -0.2) is 36.8 Å². The molecule has 5 nitrogen and oxygen atoms in total. The number of phenolic OH excluding ortho intramolecular Hbond substituents is 1. The molecule has 3 N–H and O–H groups in total. The first-order valence-electron chi connectivity index (χ1n) is 6.86. The average molecular weight is 333 g/mol. The summed E-state index contributed by atoms with van der Waals surface area (Å²) in [5.74, 6) is -0.368. The second kappa shape index (κ2) is 7.84. The molecule has 7 heteroatoms. The highest BCUT2D eigenvalue weighted by atomic mass is 35.5. The number of rotatable bonds is 5. The summed E-state index contributed by atoms with van der Waals surface area (Å²) >= 11 is 11.6. The molecule has 0 aliphatic carbocycles. The summed E-state index contributed by atoms with van der Waals surface area (Å²) < 4.78 is 5.66. The zero-order valence-electron chi connectivity index (χ0n) is 11.5. The summed E-state index contributed by atoms with van der Waals surface area (Å²) in [5.41, 5.74) is 0.453. The van der Waals surface area contributed by atoms with Crippen LogP contribution in [0.3, 0.4) is 0 Å². The van der Waals surface area contributed by atoms with E-state index < -0.39 is 0 Å². The third-order valence-electron chi connectivity index (χ3n) is 3.27. The van der Waals surface area contributed by atoms with Crippen LogP contribution >= 0.6 is 23.2 Å². The molecule has 1 saturated heterocycles. The Morgan fingerprint density at radius 2 is 1.95 bits per heavy atom. The fourth-order valence-corrected chi connectivity index (χ4v) is 2.63. The normalized spacial score (nSPS) is 15.9. The largest absolute Gasteiger partial charge is 0.505 e. The van der Waals surface area contributed by atoms with Gasteiger partial charge in [-0.1, -0.05) is 23.2 Å². The Bertz CT molecular complexity index is 482. The molecule has 0 atom stereocenters. The lowest BCUT2D eigenvalue weighted by atomic mass is 10.1. The molecule has 2 rings (SSSR count). The van der Waals surface area contributed by atoms with Crippen LogP contribution in [-0.2, 0) is 9.53 Å². The molecule has 0 bridgehead atoms. The van der Waals surface area contributed by atoms with Crippen molar-refractivity contribution >= 4 is 34.8 Å². The number of hydrogen-bond acceptors (Lipinski definition) is 4. The predicted molar refractivity (Wildman–Crippen MR) is 83.2 cm³/mol. The summed E-state index contributed by atoms with van der Waals surface area (Å²) in [5, 5.41) is 15.6. The number of phenols is 1. The number of aromatic hydroxyl groups is 1. The van der Waals surface area contributed by atoms with Gasteiger partial charge in [0.1, 0.15) is 0 Å². The van der Waals surface area contributed by atoms with Gasteiger partial charge in [0.25, 0.3) is 0 Å². The lowest BCUT2D eigenvalue weighted by Crippen LogP contribution is -2.33. The van der Waals surface area contributed by atoms with Crippen molar-refractivity contribution in [3.05, 3.63) is 22.2 Å². The number of ether oxygens (including phenoxy) is 1. The first-order valence-corrected chi connectivity index (χ1v) is 7.62. The molecule has 1 aromatic carbocycles. The molecule has 0 unspecified atom stereocenters. The van der Waals surface area contributed by atoms with E-state index in [0.717, 1.165) is 25.9 Å². The van der Waals surface area contributed by atoms with Crippen molar-refractivity contribution in [2.45, 2.75) is 25.4 Å². The molecule has 1 fully saturated rings. The first-order chi connectivity index (χ1) is 10.1. The summed E-state index contributed by atoms with van der Waals surface area (Å²) in [6, 6.07) is 2.91. The molecule has 1 aromatic rings. The fourth-order valence-electron chi connectivity index (χ4n) is 2.14. The predicted octanol–water partition coefficient (Wildman–Crippen LogP) is 2.80. The van der Waals surface area contributed by atoms with Gasteiger partial charge < -0.3 is 20.5 Å². The quantitative estimate of drug-likeness (QED) is 0.725. The number of amides is 1. The van der Waals surface area contributed by atoms with Crippen LogP contribution in [0.15, 0.2) is 12.1 Å². The number of hydrogen-bond donors (Lipinski definition) is 3. The van der Waals surface area contributed by atoms with E-state index in [1.807, 2.05) is 0 Å². The van der Waals surface area contributed by atoms with Crippen LogP contribution in [0, 0.1) is 0 Å². The van der Waals surface area contributed by atoms with Crippen molar-refractivity contribution in [3.8, 4) is 5.75 Å². The van der Waals surface area contributed by atoms with E-state index >= 15 is 0 Å². The van der Waals surface area contributed by atoms with Crippen molar-refractivity contribution in [2.75, 3.05) is 25.0 Å². The van der Waals surface area contributed by atoms with E-state index in [1.54, 1.807) is 0 Å². The van der Waals surface area contributed by atoms with E-state index in [-0.39, 0.29) is 34.2 Å². The number of benzene rings is 1. The van der Waals surface area contributed by atoms with E-state index in [9.17, 15) is 9.90 Å². The average Bonchev–Trinajstić information content (AvgIpc) is 2.46. The Morgan fingerprint density at radius 3 is 2.57 bits per heavy atom. The van der Waals surface area contributed by atoms with Gasteiger partial charge in [0, 0.05) is 5.69 Å². The number of carbonyl (C=O) groups excluding carboxylic acids is 1.